The third-order valence-corrected chi connectivity index (χ3v) is 5.74. The number of hydrogen-bond donors (Lipinski definition) is 1. The molecule has 134 valence electrons. The number of nitrogens with one attached hydrogen (secondary N) is 1. The second-order valence-electron chi connectivity index (χ2n) is 5.79. The second kappa shape index (κ2) is 7.43. The molecule has 8 heteroatoms. The van der Waals surface area contributed by atoms with E-state index in [9.17, 15) is 13.2 Å². The van der Waals surface area contributed by atoms with E-state index in [1.165, 1.54) is 26.2 Å². The first-order chi connectivity index (χ1) is 11.6. The number of rotatable bonds is 5. The zero-order valence-corrected chi connectivity index (χ0v) is 16.0. The summed E-state index contributed by atoms with van der Waals surface area (Å²) in [7, 11) is 2.91. The number of anilines is 2. The molecular weight excluding hydrogens is 362 g/mol. The van der Waals surface area contributed by atoms with Gasteiger partial charge in [0, 0.05) is 28.2 Å². The molecule has 0 heterocycles. The molecule has 1 N–H and O–H groups in total. The average molecular weight is 382 g/mol. The van der Waals surface area contributed by atoms with E-state index in [4.69, 9.17) is 11.6 Å². The first kappa shape index (κ1) is 19.2. The molecule has 0 aliphatic carbocycles. The van der Waals surface area contributed by atoms with Gasteiger partial charge in [0.2, 0.25) is 10.0 Å². The monoisotopic (exact) mass is 381 g/mol. The molecule has 0 aliphatic heterocycles. The van der Waals surface area contributed by atoms with Crippen LogP contribution >= 0.6 is 11.6 Å². The van der Waals surface area contributed by atoms with Crippen LogP contribution in [0.4, 0.5) is 11.4 Å². The minimum Gasteiger partial charge on any atom is -0.376 e. The number of carbonyl (C=O) groups is 1. The summed E-state index contributed by atoms with van der Waals surface area (Å²) in [5.41, 5.74) is 1.38. The fourth-order valence-electron chi connectivity index (χ4n) is 2.21. The Kier molecular flexibility index (Phi) is 5.72. The van der Waals surface area contributed by atoms with Gasteiger partial charge >= 0.3 is 0 Å². The van der Waals surface area contributed by atoms with Crippen LogP contribution in [0.25, 0.3) is 0 Å². The molecule has 0 saturated heterocycles. The van der Waals surface area contributed by atoms with Crippen LogP contribution < -0.4 is 10.2 Å². The van der Waals surface area contributed by atoms with E-state index in [0.717, 1.165) is 4.31 Å². The molecule has 2 rings (SSSR count). The van der Waals surface area contributed by atoms with Crippen LogP contribution in [0, 0.1) is 0 Å². The molecule has 6 nitrogen and oxygen atoms in total. The molecule has 0 bridgehead atoms. The van der Waals surface area contributed by atoms with Crippen LogP contribution in [0.5, 0.6) is 0 Å². The number of carbonyl (C=O) groups excluding carboxylic acids is 1. The first-order valence-electron chi connectivity index (χ1n) is 7.44. The van der Waals surface area contributed by atoms with Gasteiger partial charge in [-0.15, -0.1) is 0 Å². The highest BCUT2D eigenvalue weighted by atomic mass is 35.5. The fraction of sp³-hybridized carbons (Fsp3) is 0.235. The Hall–Kier alpha value is -2.09. The lowest BCUT2D eigenvalue weighted by Gasteiger charge is -2.20. The van der Waals surface area contributed by atoms with Gasteiger partial charge in [0.15, 0.2) is 0 Å². The van der Waals surface area contributed by atoms with Gasteiger partial charge < -0.3 is 10.2 Å². The molecule has 0 radical (unpaired) electrons. The lowest BCUT2D eigenvalue weighted by Crippen LogP contribution is -2.23. The number of benzene rings is 2. The summed E-state index contributed by atoms with van der Waals surface area (Å²) in [6, 6.07) is 11.3. The van der Waals surface area contributed by atoms with Crippen LogP contribution in [-0.2, 0) is 10.0 Å². The largest absolute Gasteiger partial charge is 0.376 e. The van der Waals surface area contributed by atoms with Gasteiger partial charge in [-0.1, -0.05) is 23.7 Å². The predicted molar refractivity (Wildman–Crippen MR) is 101 cm³/mol. The molecule has 2 aromatic rings. The van der Waals surface area contributed by atoms with Crippen LogP contribution in [0.2, 0.25) is 5.02 Å². The third kappa shape index (κ3) is 4.12. The maximum absolute atomic E-state index is 12.5. The summed E-state index contributed by atoms with van der Waals surface area (Å²) in [6.45, 7) is 0. The van der Waals surface area contributed by atoms with Crippen molar-refractivity contribution in [3.8, 4) is 0 Å². The number of nitrogens with zero attached hydrogens (tertiary/aromatic N) is 2. The van der Waals surface area contributed by atoms with E-state index in [1.54, 1.807) is 49.3 Å². The van der Waals surface area contributed by atoms with Crippen LogP contribution in [0.1, 0.15) is 10.4 Å². The summed E-state index contributed by atoms with van der Waals surface area (Å²) < 4.78 is 25.8. The van der Waals surface area contributed by atoms with Gasteiger partial charge in [0.05, 0.1) is 26.9 Å². The lowest BCUT2D eigenvalue weighted by atomic mass is 10.2. The Labute approximate surface area is 153 Å². The summed E-state index contributed by atoms with van der Waals surface area (Å²) >= 11 is 6.06. The van der Waals surface area contributed by atoms with Crippen LogP contribution in [-0.4, -0.2) is 46.8 Å². The summed E-state index contributed by atoms with van der Waals surface area (Å²) in [5, 5.41) is 3.08. The molecule has 2 aromatic carbocycles. The third-order valence-electron chi connectivity index (χ3n) is 3.60. The molecule has 1 amide bonds. The standard InChI is InChI=1S/C17H20ClN3O3S/c1-20(2)16-10-9-12(25(23,24)21(3)4)11-15(16)19-17(22)13-7-5-6-8-14(13)18/h5-11H,1-4H3,(H,19,22). The SMILES string of the molecule is CN(C)c1ccc(S(=O)(=O)N(C)C)cc1NC(=O)c1ccccc1Cl. The average Bonchev–Trinajstić information content (AvgIpc) is 2.54. The van der Waals surface area contributed by atoms with E-state index in [2.05, 4.69) is 5.32 Å². The predicted octanol–water partition coefficient (Wildman–Crippen LogP) is 2.91. The van der Waals surface area contributed by atoms with Gasteiger partial charge in [-0.2, -0.15) is 0 Å². The minimum absolute atomic E-state index is 0.0950. The Morgan fingerprint density at radius 2 is 1.68 bits per heavy atom. The molecule has 25 heavy (non-hydrogen) atoms. The normalized spacial score (nSPS) is 11.4. The molecule has 0 atom stereocenters. The minimum atomic E-state index is -3.61. The molecule has 0 fully saturated rings. The smallest absolute Gasteiger partial charge is 0.257 e. The first-order valence-corrected chi connectivity index (χ1v) is 9.26. The van der Waals surface area contributed by atoms with Crippen molar-refractivity contribution in [1.29, 1.82) is 0 Å². The van der Waals surface area contributed by atoms with Gasteiger partial charge in [-0.25, -0.2) is 12.7 Å². The highest BCUT2D eigenvalue weighted by Gasteiger charge is 2.20. The van der Waals surface area contributed by atoms with Crippen molar-refractivity contribution in [2.24, 2.45) is 0 Å². The van der Waals surface area contributed by atoms with Crippen molar-refractivity contribution in [3.63, 3.8) is 0 Å². The zero-order valence-electron chi connectivity index (χ0n) is 14.4. The Bertz CT molecular complexity index is 896. The summed E-state index contributed by atoms with van der Waals surface area (Å²) in [6.07, 6.45) is 0. The van der Waals surface area contributed by atoms with E-state index in [0.29, 0.717) is 22.0 Å². The van der Waals surface area contributed by atoms with E-state index < -0.39 is 15.9 Å². The van der Waals surface area contributed by atoms with E-state index >= 15 is 0 Å². The van der Waals surface area contributed by atoms with Gasteiger partial charge in [-0.05, 0) is 30.3 Å². The van der Waals surface area contributed by atoms with E-state index in [-0.39, 0.29) is 4.90 Å². The zero-order chi connectivity index (χ0) is 18.8. The maximum atomic E-state index is 12.5. The maximum Gasteiger partial charge on any atom is 0.257 e. The Balaban J connectivity index is 2.48. The van der Waals surface area contributed by atoms with Crippen molar-refractivity contribution >= 4 is 38.9 Å². The van der Waals surface area contributed by atoms with Crippen molar-refractivity contribution in [2.75, 3.05) is 38.4 Å². The molecular formula is C17H20ClN3O3S. The van der Waals surface area contributed by atoms with Gasteiger partial charge in [0.25, 0.3) is 5.91 Å². The summed E-state index contributed by atoms with van der Waals surface area (Å²) in [4.78, 5) is 14.4. The second-order valence-corrected chi connectivity index (χ2v) is 8.35. The molecule has 0 aliphatic rings. The van der Waals surface area contributed by atoms with Crippen LogP contribution in [0.3, 0.4) is 0 Å². The van der Waals surface area contributed by atoms with Crippen molar-refractivity contribution in [3.05, 3.63) is 53.1 Å². The van der Waals surface area contributed by atoms with Crippen molar-refractivity contribution in [1.82, 2.24) is 4.31 Å². The number of halogens is 1. The van der Waals surface area contributed by atoms with E-state index in [1.807, 2.05) is 0 Å². The Morgan fingerprint density at radius 3 is 2.24 bits per heavy atom. The number of amides is 1. The topological polar surface area (TPSA) is 69.7 Å². The van der Waals surface area contributed by atoms with Crippen molar-refractivity contribution in [2.45, 2.75) is 4.90 Å². The van der Waals surface area contributed by atoms with Crippen molar-refractivity contribution < 1.29 is 13.2 Å². The molecule has 0 spiro atoms. The quantitative estimate of drug-likeness (QED) is 0.864. The highest BCUT2D eigenvalue weighted by molar-refractivity contribution is 7.89. The van der Waals surface area contributed by atoms with Gasteiger partial charge in [0.1, 0.15) is 0 Å². The lowest BCUT2D eigenvalue weighted by molar-refractivity contribution is 0.102. The number of sulfonamides is 1. The molecule has 0 aromatic heterocycles. The molecule has 0 unspecified atom stereocenters. The van der Waals surface area contributed by atoms with Gasteiger partial charge in [-0.3, -0.25) is 4.79 Å². The highest BCUT2D eigenvalue weighted by Crippen LogP contribution is 2.29. The Morgan fingerprint density at radius 1 is 1.04 bits per heavy atom. The fourth-order valence-corrected chi connectivity index (χ4v) is 3.36. The molecule has 0 saturated carbocycles. The number of hydrogen-bond acceptors (Lipinski definition) is 4. The van der Waals surface area contributed by atoms with Crippen LogP contribution in [0.15, 0.2) is 47.4 Å². The summed E-state index contributed by atoms with van der Waals surface area (Å²) in [5.74, 6) is -0.409.